The van der Waals surface area contributed by atoms with Crippen molar-refractivity contribution < 1.29 is 5.11 Å². The van der Waals surface area contributed by atoms with Crippen LogP contribution in [0.2, 0.25) is 10.0 Å². The molecule has 4 rings (SSSR count). The molecule has 2 N–H and O–H groups in total. The van der Waals surface area contributed by atoms with Crippen LogP contribution in [0.3, 0.4) is 0 Å². The fraction of sp³-hybridized carbons (Fsp3) is 0.211. The van der Waals surface area contributed by atoms with Gasteiger partial charge in [-0.05, 0) is 24.6 Å². The number of aliphatic hydroxyl groups is 1. The van der Waals surface area contributed by atoms with Crippen molar-refractivity contribution in [2.75, 3.05) is 5.32 Å². The lowest BCUT2D eigenvalue weighted by Crippen LogP contribution is -2.27. The van der Waals surface area contributed by atoms with Crippen LogP contribution >= 0.6 is 34.5 Å². The van der Waals surface area contributed by atoms with E-state index in [1.807, 2.05) is 18.4 Å². The lowest BCUT2D eigenvalue weighted by molar-refractivity contribution is 0.183. The van der Waals surface area contributed by atoms with Crippen LogP contribution in [0, 0.1) is 6.92 Å². The molecular weight excluding hydrogens is 433 g/mol. The number of fused-ring (bicyclic) bond motifs is 1. The predicted octanol–water partition coefficient (Wildman–Crippen LogP) is 3.90. The van der Waals surface area contributed by atoms with E-state index in [2.05, 4.69) is 15.3 Å². The zero-order chi connectivity index (χ0) is 20.7. The number of anilines is 1. The Morgan fingerprint density at radius 1 is 1.31 bits per heavy atom. The summed E-state index contributed by atoms with van der Waals surface area (Å²) in [5.41, 5.74) is 3.39. The van der Waals surface area contributed by atoms with Gasteiger partial charge in [0.15, 0.2) is 5.13 Å². The van der Waals surface area contributed by atoms with E-state index < -0.39 is 6.23 Å². The van der Waals surface area contributed by atoms with Gasteiger partial charge in [0.05, 0.1) is 34.1 Å². The maximum absolute atomic E-state index is 12.5. The van der Waals surface area contributed by atoms with Gasteiger partial charge in [-0.1, -0.05) is 29.3 Å². The van der Waals surface area contributed by atoms with E-state index in [0.29, 0.717) is 26.2 Å². The lowest BCUT2D eigenvalue weighted by Gasteiger charge is -2.13. The number of imidazole rings is 1. The maximum atomic E-state index is 12.5. The summed E-state index contributed by atoms with van der Waals surface area (Å²) in [7, 11) is 1.70. The molecule has 1 unspecified atom stereocenters. The number of nitrogens with one attached hydrogen (secondary N) is 1. The van der Waals surface area contributed by atoms with E-state index in [1.54, 1.807) is 36.3 Å². The average molecular weight is 450 g/mol. The van der Waals surface area contributed by atoms with Crippen molar-refractivity contribution in [1.29, 1.82) is 0 Å². The largest absolute Gasteiger partial charge is 0.372 e. The first kappa shape index (κ1) is 19.9. The van der Waals surface area contributed by atoms with Crippen LogP contribution in [0.15, 0.2) is 40.9 Å². The smallest absolute Gasteiger partial charge is 0.276 e. The maximum Gasteiger partial charge on any atom is 0.276 e. The fourth-order valence-corrected chi connectivity index (χ4v) is 4.18. The van der Waals surface area contributed by atoms with Crippen molar-refractivity contribution in [2.24, 2.45) is 7.05 Å². The van der Waals surface area contributed by atoms with Gasteiger partial charge in [0.1, 0.15) is 11.7 Å². The SMILES string of the molecule is Cc1cn(C)c(=O)c2c1ncn2CC(O)Nc1nc(-c2ccc(Cl)c(Cl)c2)cs1. The first-order chi connectivity index (χ1) is 13.8. The van der Waals surface area contributed by atoms with Crippen LogP contribution in [-0.2, 0) is 13.6 Å². The summed E-state index contributed by atoms with van der Waals surface area (Å²) in [5.74, 6) is 0. The van der Waals surface area contributed by atoms with E-state index in [-0.39, 0.29) is 12.1 Å². The molecule has 0 saturated carbocycles. The fourth-order valence-electron chi connectivity index (χ4n) is 3.11. The quantitative estimate of drug-likeness (QED) is 0.451. The van der Waals surface area contributed by atoms with Crippen molar-refractivity contribution in [1.82, 2.24) is 19.1 Å². The second kappa shape index (κ2) is 7.79. The van der Waals surface area contributed by atoms with Crippen LogP contribution in [0.4, 0.5) is 5.13 Å². The third-order valence-corrected chi connectivity index (χ3v) is 6.01. The molecule has 3 heterocycles. The monoisotopic (exact) mass is 449 g/mol. The van der Waals surface area contributed by atoms with Gasteiger partial charge >= 0.3 is 0 Å². The average Bonchev–Trinajstić information content (AvgIpc) is 3.30. The highest BCUT2D eigenvalue weighted by atomic mass is 35.5. The molecule has 150 valence electrons. The second-order valence-corrected chi connectivity index (χ2v) is 8.32. The first-order valence-electron chi connectivity index (χ1n) is 8.70. The number of aromatic nitrogens is 4. The minimum absolute atomic E-state index is 0.150. The minimum Gasteiger partial charge on any atom is -0.372 e. The summed E-state index contributed by atoms with van der Waals surface area (Å²) in [6, 6.07) is 5.29. The Morgan fingerprint density at radius 2 is 2.10 bits per heavy atom. The molecule has 0 aliphatic heterocycles. The number of nitrogens with zero attached hydrogens (tertiary/aromatic N) is 4. The first-order valence-corrected chi connectivity index (χ1v) is 10.3. The normalized spacial score (nSPS) is 12.4. The topological polar surface area (TPSA) is 85.0 Å². The Kier molecular flexibility index (Phi) is 5.35. The number of aliphatic hydroxyl groups excluding tert-OH is 1. The summed E-state index contributed by atoms with van der Waals surface area (Å²) >= 11 is 13.4. The summed E-state index contributed by atoms with van der Waals surface area (Å²) < 4.78 is 3.16. The summed E-state index contributed by atoms with van der Waals surface area (Å²) in [5, 5.41) is 16.8. The van der Waals surface area contributed by atoms with E-state index in [0.717, 1.165) is 16.8 Å². The van der Waals surface area contributed by atoms with E-state index in [1.165, 1.54) is 15.9 Å². The number of hydrogen-bond acceptors (Lipinski definition) is 6. The number of thiazole rings is 1. The van der Waals surface area contributed by atoms with Crippen molar-refractivity contribution in [2.45, 2.75) is 19.7 Å². The second-order valence-electron chi connectivity index (χ2n) is 6.65. The molecule has 0 saturated heterocycles. The van der Waals surface area contributed by atoms with Crippen LogP contribution in [0.25, 0.3) is 22.3 Å². The molecule has 0 radical (unpaired) electrons. The Labute approximate surface area is 180 Å². The van der Waals surface area contributed by atoms with Gasteiger partial charge in [-0.15, -0.1) is 11.3 Å². The molecule has 10 heteroatoms. The minimum atomic E-state index is -0.953. The van der Waals surface area contributed by atoms with Crippen LogP contribution in [0.5, 0.6) is 0 Å². The summed E-state index contributed by atoms with van der Waals surface area (Å²) in [4.78, 5) is 21.3. The van der Waals surface area contributed by atoms with Gasteiger partial charge < -0.3 is 19.6 Å². The number of benzene rings is 1. The van der Waals surface area contributed by atoms with Crippen molar-refractivity contribution >= 4 is 50.7 Å². The third kappa shape index (κ3) is 3.89. The zero-order valence-corrected chi connectivity index (χ0v) is 17.9. The molecule has 0 aliphatic rings. The van der Waals surface area contributed by atoms with Crippen molar-refractivity contribution in [3.05, 3.63) is 62.1 Å². The molecule has 4 aromatic rings. The molecule has 0 aliphatic carbocycles. The standard InChI is InChI=1S/C19H17Cl2N5O2S/c1-10-6-25(2)18(28)17-16(10)22-9-26(17)7-15(27)24-19-23-14(8-29-19)11-3-4-12(20)13(21)5-11/h3-6,8-9,15,27H,7H2,1-2H3,(H,23,24). The molecule has 1 atom stereocenters. The van der Waals surface area contributed by atoms with Gasteiger partial charge in [-0.25, -0.2) is 9.97 Å². The molecule has 0 spiro atoms. The van der Waals surface area contributed by atoms with E-state index >= 15 is 0 Å². The van der Waals surface area contributed by atoms with Gasteiger partial charge in [-0.3, -0.25) is 4.79 Å². The number of pyridine rings is 1. The van der Waals surface area contributed by atoms with Gasteiger partial charge in [0.2, 0.25) is 0 Å². The Morgan fingerprint density at radius 3 is 2.86 bits per heavy atom. The molecule has 1 aromatic carbocycles. The molecule has 0 fully saturated rings. The zero-order valence-electron chi connectivity index (χ0n) is 15.6. The summed E-state index contributed by atoms with van der Waals surface area (Å²) in [6.07, 6.45) is 2.36. The highest BCUT2D eigenvalue weighted by Crippen LogP contribution is 2.30. The number of aryl methyl sites for hydroxylation is 2. The summed E-state index contributed by atoms with van der Waals surface area (Å²) in [6.45, 7) is 2.05. The third-order valence-electron chi connectivity index (χ3n) is 4.50. The van der Waals surface area contributed by atoms with Crippen molar-refractivity contribution in [3.8, 4) is 11.3 Å². The van der Waals surface area contributed by atoms with Crippen LogP contribution < -0.4 is 10.9 Å². The molecule has 7 nitrogen and oxygen atoms in total. The number of hydrogen-bond donors (Lipinski definition) is 2. The Balaban J connectivity index is 1.53. The highest BCUT2D eigenvalue weighted by molar-refractivity contribution is 7.14. The predicted molar refractivity (Wildman–Crippen MR) is 117 cm³/mol. The van der Waals surface area contributed by atoms with Crippen LogP contribution in [0.1, 0.15) is 5.56 Å². The lowest BCUT2D eigenvalue weighted by atomic mass is 10.2. The highest BCUT2D eigenvalue weighted by Gasteiger charge is 2.15. The number of halogens is 2. The Hall–Kier alpha value is -2.39. The molecule has 0 bridgehead atoms. The number of rotatable bonds is 5. The molecule has 3 aromatic heterocycles. The molecular formula is C19H17Cl2N5O2S. The molecule has 0 amide bonds. The van der Waals surface area contributed by atoms with E-state index in [9.17, 15) is 9.90 Å². The van der Waals surface area contributed by atoms with E-state index in [4.69, 9.17) is 23.2 Å². The van der Waals surface area contributed by atoms with Gasteiger partial charge in [0.25, 0.3) is 5.56 Å². The van der Waals surface area contributed by atoms with Gasteiger partial charge in [0, 0.05) is 24.2 Å². The van der Waals surface area contributed by atoms with Crippen LogP contribution in [-0.4, -0.2) is 30.4 Å². The van der Waals surface area contributed by atoms with Crippen molar-refractivity contribution in [3.63, 3.8) is 0 Å². The molecule has 29 heavy (non-hydrogen) atoms. The van der Waals surface area contributed by atoms with Gasteiger partial charge in [-0.2, -0.15) is 0 Å². The Bertz CT molecular complexity index is 1260.